The highest BCUT2D eigenvalue weighted by molar-refractivity contribution is 5.77. The number of aromatic nitrogens is 3. The molecular formula is C23H23N5O3. The van der Waals surface area contributed by atoms with E-state index in [4.69, 9.17) is 14.1 Å². The maximum absolute atomic E-state index is 12.8. The second-order valence-electron chi connectivity index (χ2n) is 7.52. The summed E-state index contributed by atoms with van der Waals surface area (Å²) in [5, 5.41) is 3.01. The van der Waals surface area contributed by atoms with Crippen LogP contribution in [0.4, 0.5) is 4.79 Å². The molecule has 1 atom stereocenters. The van der Waals surface area contributed by atoms with Crippen molar-refractivity contribution in [1.82, 2.24) is 24.8 Å². The number of fused-ring (bicyclic) bond motifs is 1. The molecule has 4 heterocycles. The Kier molecular flexibility index (Phi) is 5.03. The van der Waals surface area contributed by atoms with Gasteiger partial charge in [-0.05, 0) is 48.4 Å². The number of benzene rings is 1. The minimum Gasteiger partial charge on any atom is -0.497 e. The Morgan fingerprint density at radius 1 is 1.23 bits per heavy atom. The fourth-order valence-electron chi connectivity index (χ4n) is 4.03. The molecule has 158 valence electrons. The lowest BCUT2D eigenvalue weighted by Gasteiger charge is -2.19. The van der Waals surface area contributed by atoms with Crippen LogP contribution in [0, 0.1) is 0 Å². The van der Waals surface area contributed by atoms with Gasteiger partial charge in [-0.3, -0.25) is 0 Å². The van der Waals surface area contributed by atoms with Crippen LogP contribution in [0.2, 0.25) is 0 Å². The van der Waals surface area contributed by atoms with Gasteiger partial charge in [0.2, 0.25) is 0 Å². The predicted molar refractivity (Wildman–Crippen MR) is 116 cm³/mol. The molecule has 8 nitrogen and oxygen atoms in total. The number of urea groups is 1. The van der Waals surface area contributed by atoms with Gasteiger partial charge in [0, 0.05) is 25.8 Å². The molecule has 0 aliphatic carbocycles. The molecule has 1 aliphatic heterocycles. The third-order valence-electron chi connectivity index (χ3n) is 5.61. The lowest BCUT2D eigenvalue weighted by atomic mass is 10.2. The normalized spacial score (nSPS) is 16.0. The second-order valence-corrected chi connectivity index (χ2v) is 7.52. The van der Waals surface area contributed by atoms with E-state index in [1.54, 1.807) is 19.6 Å². The van der Waals surface area contributed by atoms with Gasteiger partial charge in [-0.15, -0.1) is 0 Å². The lowest BCUT2D eigenvalue weighted by Crippen LogP contribution is -2.38. The number of imidazole rings is 1. The molecule has 0 spiro atoms. The summed E-state index contributed by atoms with van der Waals surface area (Å²) in [6.45, 7) is 1.73. The van der Waals surface area contributed by atoms with Crippen LogP contribution in [-0.4, -0.2) is 45.7 Å². The monoisotopic (exact) mass is 417 g/mol. The Labute approximate surface area is 179 Å². The Morgan fingerprint density at radius 3 is 2.87 bits per heavy atom. The van der Waals surface area contributed by atoms with Crippen molar-refractivity contribution in [3.8, 4) is 17.3 Å². The van der Waals surface area contributed by atoms with Crippen molar-refractivity contribution in [3.05, 3.63) is 66.6 Å². The van der Waals surface area contributed by atoms with Gasteiger partial charge >= 0.3 is 6.03 Å². The number of furan rings is 1. The van der Waals surface area contributed by atoms with E-state index in [0.717, 1.165) is 34.7 Å². The summed E-state index contributed by atoms with van der Waals surface area (Å²) < 4.78 is 12.9. The second kappa shape index (κ2) is 8.14. The number of likely N-dealkylation sites (tertiary alicyclic amines) is 1. The Balaban J connectivity index is 1.32. The third-order valence-corrected chi connectivity index (χ3v) is 5.61. The van der Waals surface area contributed by atoms with Gasteiger partial charge < -0.3 is 23.9 Å². The van der Waals surface area contributed by atoms with Gasteiger partial charge in [0.05, 0.1) is 19.4 Å². The molecule has 1 fully saturated rings. The van der Waals surface area contributed by atoms with Crippen molar-refractivity contribution < 1.29 is 13.9 Å². The zero-order valence-corrected chi connectivity index (χ0v) is 17.2. The van der Waals surface area contributed by atoms with Crippen molar-refractivity contribution in [2.24, 2.45) is 0 Å². The van der Waals surface area contributed by atoms with Crippen LogP contribution >= 0.6 is 0 Å². The highest BCUT2D eigenvalue weighted by Gasteiger charge is 2.31. The first-order chi connectivity index (χ1) is 15.2. The van der Waals surface area contributed by atoms with Gasteiger partial charge in [0.25, 0.3) is 0 Å². The van der Waals surface area contributed by atoms with Crippen LogP contribution in [0.5, 0.6) is 5.75 Å². The molecule has 5 rings (SSSR count). The first kappa shape index (κ1) is 19.2. The summed E-state index contributed by atoms with van der Waals surface area (Å²) in [6, 6.07) is 15.2. The third kappa shape index (κ3) is 3.72. The number of carbonyl (C=O) groups is 1. The Hall–Kier alpha value is -3.81. The Morgan fingerprint density at radius 2 is 2.10 bits per heavy atom. The van der Waals surface area contributed by atoms with E-state index in [0.29, 0.717) is 25.4 Å². The topological polar surface area (TPSA) is 85.4 Å². The number of rotatable bonds is 5. The van der Waals surface area contributed by atoms with Crippen molar-refractivity contribution >= 4 is 17.2 Å². The van der Waals surface area contributed by atoms with Crippen molar-refractivity contribution in [2.45, 2.75) is 19.0 Å². The largest absolute Gasteiger partial charge is 0.497 e. The predicted octanol–water partition coefficient (Wildman–Crippen LogP) is 3.86. The highest BCUT2D eigenvalue weighted by Crippen LogP contribution is 2.32. The number of nitrogens with zero attached hydrogens (tertiary/aromatic N) is 4. The van der Waals surface area contributed by atoms with E-state index in [1.807, 2.05) is 53.4 Å². The van der Waals surface area contributed by atoms with E-state index in [1.165, 1.54) is 0 Å². The number of methoxy groups -OCH3 is 1. The molecular weight excluding hydrogens is 394 g/mol. The zero-order valence-electron chi connectivity index (χ0n) is 17.2. The zero-order chi connectivity index (χ0) is 21.2. The standard InChI is InChI=1S/C23H23N5O3/c1-30-18-8-6-16(7-9-18)14-25-23(29)27-12-10-17(15-27)28-21-19(4-2-11-24-21)26-22(28)20-5-3-13-31-20/h2-9,11,13,17H,10,12,14-15H2,1H3,(H,25,29)/t17-/m1/s1. The minimum absolute atomic E-state index is 0.0738. The van der Waals surface area contributed by atoms with Crippen molar-refractivity contribution in [1.29, 1.82) is 0 Å². The van der Waals surface area contributed by atoms with Gasteiger partial charge in [0.15, 0.2) is 17.2 Å². The fourth-order valence-corrected chi connectivity index (χ4v) is 4.03. The quantitative estimate of drug-likeness (QED) is 0.533. The first-order valence-corrected chi connectivity index (χ1v) is 10.3. The summed E-state index contributed by atoms with van der Waals surface area (Å²) >= 11 is 0. The van der Waals surface area contributed by atoms with E-state index in [9.17, 15) is 4.79 Å². The summed E-state index contributed by atoms with van der Waals surface area (Å²) in [6.07, 6.45) is 4.23. The molecule has 1 N–H and O–H groups in total. The van der Waals surface area contributed by atoms with Gasteiger partial charge in [-0.25, -0.2) is 14.8 Å². The molecule has 2 amide bonds. The minimum atomic E-state index is -0.0738. The summed E-state index contributed by atoms with van der Waals surface area (Å²) in [4.78, 5) is 23.9. The number of hydrogen-bond donors (Lipinski definition) is 1. The molecule has 31 heavy (non-hydrogen) atoms. The molecule has 8 heteroatoms. The van der Waals surface area contributed by atoms with E-state index in [-0.39, 0.29) is 12.1 Å². The lowest BCUT2D eigenvalue weighted by molar-refractivity contribution is 0.207. The number of ether oxygens (including phenoxy) is 1. The van der Waals surface area contributed by atoms with E-state index < -0.39 is 0 Å². The summed E-state index contributed by atoms with van der Waals surface area (Å²) in [5.41, 5.74) is 2.64. The molecule has 0 radical (unpaired) electrons. The number of pyridine rings is 1. The average Bonchev–Trinajstić information content (AvgIpc) is 3.56. The van der Waals surface area contributed by atoms with Crippen LogP contribution in [0.25, 0.3) is 22.7 Å². The van der Waals surface area contributed by atoms with E-state index >= 15 is 0 Å². The van der Waals surface area contributed by atoms with E-state index in [2.05, 4.69) is 14.9 Å². The molecule has 0 unspecified atom stereocenters. The van der Waals surface area contributed by atoms with Gasteiger partial charge in [0.1, 0.15) is 11.3 Å². The molecule has 3 aromatic heterocycles. The first-order valence-electron chi connectivity index (χ1n) is 10.3. The van der Waals surface area contributed by atoms with Crippen LogP contribution in [0.15, 0.2) is 65.4 Å². The molecule has 1 saturated heterocycles. The number of hydrogen-bond acceptors (Lipinski definition) is 5. The fraction of sp³-hybridized carbons (Fsp3) is 0.261. The maximum Gasteiger partial charge on any atom is 0.317 e. The summed E-state index contributed by atoms with van der Waals surface area (Å²) in [5.74, 6) is 2.23. The maximum atomic E-state index is 12.8. The van der Waals surface area contributed by atoms with Crippen LogP contribution in [0.3, 0.4) is 0 Å². The van der Waals surface area contributed by atoms with Crippen LogP contribution in [-0.2, 0) is 6.54 Å². The number of nitrogens with one attached hydrogen (secondary N) is 1. The van der Waals surface area contributed by atoms with Gasteiger partial charge in [-0.1, -0.05) is 12.1 Å². The molecule has 1 aliphatic rings. The molecule has 0 bridgehead atoms. The molecule has 4 aromatic rings. The van der Waals surface area contributed by atoms with Crippen LogP contribution in [0.1, 0.15) is 18.0 Å². The number of carbonyl (C=O) groups excluding carboxylic acids is 1. The average molecular weight is 417 g/mol. The number of amides is 2. The molecule has 0 saturated carbocycles. The smallest absolute Gasteiger partial charge is 0.317 e. The summed E-state index contributed by atoms with van der Waals surface area (Å²) in [7, 11) is 1.64. The highest BCUT2D eigenvalue weighted by atomic mass is 16.5. The molecule has 1 aromatic carbocycles. The SMILES string of the molecule is COc1ccc(CNC(=O)N2CC[C@@H](n3c(-c4ccco4)nc4cccnc43)C2)cc1. The van der Waals surface area contributed by atoms with Crippen molar-refractivity contribution in [2.75, 3.05) is 20.2 Å². The Bertz CT molecular complexity index is 1180. The van der Waals surface area contributed by atoms with Crippen LogP contribution < -0.4 is 10.1 Å². The van der Waals surface area contributed by atoms with Crippen molar-refractivity contribution in [3.63, 3.8) is 0 Å². The van der Waals surface area contributed by atoms with Gasteiger partial charge in [-0.2, -0.15) is 0 Å².